The summed E-state index contributed by atoms with van der Waals surface area (Å²) < 4.78 is 0.882. The molecule has 0 bridgehead atoms. The molecule has 0 fully saturated rings. The highest BCUT2D eigenvalue weighted by molar-refractivity contribution is 7.22. The van der Waals surface area contributed by atoms with Crippen LogP contribution in [0.1, 0.15) is 33.6 Å². The van der Waals surface area contributed by atoms with Crippen LogP contribution >= 0.6 is 11.3 Å². The monoisotopic (exact) mass is 357 g/mol. The average Bonchev–Trinajstić information content (AvgIpc) is 2.86. The van der Waals surface area contributed by atoms with Gasteiger partial charge < -0.3 is 10.4 Å². The number of benzene rings is 1. The standard InChI is InChI=1S/C18H19N3O3S/c1-10(22)20-11-4-5-13-16(6-11)25-17(21-13)19-9-12-14(23)7-18(2,3)8-15(12)24/h4-6,9,23H,7-8H2,1-3H3,(H,20,22)/b19-9+. The Hall–Kier alpha value is -2.54. The van der Waals surface area contributed by atoms with Gasteiger partial charge in [-0.1, -0.05) is 25.2 Å². The fourth-order valence-electron chi connectivity index (χ4n) is 2.82. The molecule has 1 aromatic carbocycles. The zero-order chi connectivity index (χ0) is 18.2. The van der Waals surface area contributed by atoms with E-state index in [9.17, 15) is 14.7 Å². The zero-order valence-corrected chi connectivity index (χ0v) is 15.1. The van der Waals surface area contributed by atoms with Crippen molar-refractivity contribution in [2.24, 2.45) is 10.4 Å². The van der Waals surface area contributed by atoms with Crippen molar-refractivity contribution < 1.29 is 14.7 Å². The average molecular weight is 357 g/mol. The van der Waals surface area contributed by atoms with Crippen molar-refractivity contribution in [3.05, 3.63) is 29.5 Å². The first-order chi connectivity index (χ1) is 11.7. The largest absolute Gasteiger partial charge is 0.511 e. The van der Waals surface area contributed by atoms with Crippen molar-refractivity contribution in [1.82, 2.24) is 4.98 Å². The van der Waals surface area contributed by atoms with Crippen molar-refractivity contribution in [2.75, 3.05) is 5.32 Å². The zero-order valence-electron chi connectivity index (χ0n) is 14.3. The lowest BCUT2D eigenvalue weighted by molar-refractivity contribution is -0.118. The van der Waals surface area contributed by atoms with E-state index in [1.807, 2.05) is 19.9 Å². The number of nitrogens with zero attached hydrogens (tertiary/aromatic N) is 2. The molecule has 0 atom stereocenters. The Morgan fingerprint density at radius 1 is 1.40 bits per heavy atom. The van der Waals surface area contributed by atoms with Crippen LogP contribution < -0.4 is 5.32 Å². The molecule has 1 amide bonds. The van der Waals surface area contributed by atoms with Gasteiger partial charge in [-0.2, -0.15) is 0 Å². The molecule has 0 radical (unpaired) electrons. The number of thiazole rings is 1. The number of carbonyl (C=O) groups excluding carboxylic acids is 2. The van der Waals surface area contributed by atoms with Gasteiger partial charge >= 0.3 is 0 Å². The maximum atomic E-state index is 12.2. The second-order valence-electron chi connectivity index (χ2n) is 6.92. The van der Waals surface area contributed by atoms with Gasteiger partial charge in [-0.3, -0.25) is 9.59 Å². The minimum Gasteiger partial charge on any atom is -0.511 e. The predicted molar refractivity (Wildman–Crippen MR) is 99.8 cm³/mol. The topological polar surface area (TPSA) is 91.7 Å². The third kappa shape index (κ3) is 3.93. The molecule has 25 heavy (non-hydrogen) atoms. The molecule has 7 heteroatoms. The summed E-state index contributed by atoms with van der Waals surface area (Å²) in [4.78, 5) is 32.0. The van der Waals surface area contributed by atoms with Gasteiger partial charge in [0.2, 0.25) is 11.0 Å². The van der Waals surface area contributed by atoms with Gasteiger partial charge in [-0.25, -0.2) is 9.98 Å². The lowest BCUT2D eigenvalue weighted by Crippen LogP contribution is -2.26. The van der Waals surface area contributed by atoms with Gasteiger partial charge in [0.15, 0.2) is 5.78 Å². The Kier molecular flexibility index (Phi) is 4.43. The summed E-state index contributed by atoms with van der Waals surface area (Å²) in [5.41, 5.74) is 1.50. The van der Waals surface area contributed by atoms with Crippen molar-refractivity contribution >= 4 is 50.3 Å². The van der Waals surface area contributed by atoms with Gasteiger partial charge in [0, 0.05) is 31.7 Å². The number of anilines is 1. The normalized spacial score (nSPS) is 17.5. The number of carbonyl (C=O) groups is 2. The number of aromatic nitrogens is 1. The minimum atomic E-state index is -0.228. The lowest BCUT2D eigenvalue weighted by Gasteiger charge is -2.28. The van der Waals surface area contributed by atoms with Crippen molar-refractivity contribution in [1.29, 1.82) is 0 Å². The first-order valence-electron chi connectivity index (χ1n) is 7.91. The SMILES string of the molecule is CC(=O)Nc1ccc2nc(/N=C/C3=C(O)CC(C)(C)CC3=O)sc2c1. The number of Topliss-reactive ketones (excluding diaryl/α,β-unsaturated/α-hetero) is 1. The van der Waals surface area contributed by atoms with Crippen molar-refractivity contribution in [3.8, 4) is 0 Å². The molecule has 2 N–H and O–H groups in total. The number of aliphatic hydroxyl groups is 1. The Bertz CT molecular complexity index is 925. The van der Waals surface area contributed by atoms with Gasteiger partial charge in [-0.15, -0.1) is 0 Å². The highest BCUT2D eigenvalue weighted by atomic mass is 32.1. The number of amides is 1. The number of rotatable bonds is 3. The Morgan fingerprint density at radius 3 is 2.84 bits per heavy atom. The molecule has 130 valence electrons. The number of allylic oxidation sites excluding steroid dienone is 2. The van der Waals surface area contributed by atoms with Crippen LogP contribution in [0.2, 0.25) is 0 Å². The summed E-state index contributed by atoms with van der Waals surface area (Å²) in [5, 5.41) is 13.3. The number of hydrogen-bond donors (Lipinski definition) is 2. The van der Waals surface area contributed by atoms with E-state index in [4.69, 9.17) is 0 Å². The van der Waals surface area contributed by atoms with Crippen LogP contribution in [-0.2, 0) is 9.59 Å². The molecule has 6 nitrogen and oxygen atoms in total. The minimum absolute atomic E-state index is 0.0825. The van der Waals surface area contributed by atoms with Crippen LogP contribution in [-0.4, -0.2) is 28.0 Å². The van der Waals surface area contributed by atoms with Crippen LogP contribution in [0.3, 0.4) is 0 Å². The van der Waals surface area contributed by atoms with E-state index in [-0.39, 0.29) is 28.4 Å². The van der Waals surface area contributed by atoms with E-state index >= 15 is 0 Å². The van der Waals surface area contributed by atoms with Crippen LogP contribution in [0.25, 0.3) is 10.2 Å². The molecule has 0 saturated carbocycles. The molecule has 0 unspecified atom stereocenters. The molecule has 3 rings (SSSR count). The fraction of sp³-hybridized carbons (Fsp3) is 0.333. The third-order valence-corrected chi connectivity index (χ3v) is 4.82. The number of nitrogens with one attached hydrogen (secondary N) is 1. The van der Waals surface area contributed by atoms with Crippen molar-refractivity contribution in [3.63, 3.8) is 0 Å². The highest BCUT2D eigenvalue weighted by Crippen LogP contribution is 2.36. The summed E-state index contributed by atoms with van der Waals surface area (Å²) >= 11 is 1.35. The second-order valence-corrected chi connectivity index (χ2v) is 7.93. The molecule has 1 heterocycles. The number of aliphatic imine (C=N–C) groups is 1. The molecule has 0 saturated heterocycles. The number of hydrogen-bond acceptors (Lipinski definition) is 6. The number of fused-ring (bicyclic) bond motifs is 1. The third-order valence-electron chi connectivity index (χ3n) is 3.90. The molecule has 0 spiro atoms. The second kappa shape index (κ2) is 6.40. The van der Waals surface area contributed by atoms with E-state index in [0.717, 1.165) is 10.2 Å². The first kappa shape index (κ1) is 17.3. The molecule has 1 aromatic heterocycles. The molecule has 0 aliphatic heterocycles. The molecular formula is C18H19N3O3S. The Labute approximate surface area is 149 Å². The van der Waals surface area contributed by atoms with Crippen molar-refractivity contribution in [2.45, 2.75) is 33.6 Å². The highest BCUT2D eigenvalue weighted by Gasteiger charge is 2.32. The molecule has 1 aliphatic rings. The lowest BCUT2D eigenvalue weighted by atomic mass is 9.77. The van der Waals surface area contributed by atoms with E-state index in [0.29, 0.717) is 23.7 Å². The summed E-state index contributed by atoms with van der Waals surface area (Å²) in [6.07, 6.45) is 2.25. The predicted octanol–water partition coefficient (Wildman–Crippen LogP) is 4.16. The maximum Gasteiger partial charge on any atom is 0.221 e. The number of aliphatic hydroxyl groups excluding tert-OH is 1. The van der Waals surface area contributed by atoms with Crippen LogP contribution in [0, 0.1) is 5.41 Å². The van der Waals surface area contributed by atoms with Crippen LogP contribution in [0.5, 0.6) is 0 Å². The molecule has 1 aliphatic carbocycles. The van der Waals surface area contributed by atoms with E-state index in [2.05, 4.69) is 15.3 Å². The van der Waals surface area contributed by atoms with Gasteiger partial charge in [0.1, 0.15) is 5.76 Å². The van der Waals surface area contributed by atoms with Gasteiger partial charge in [-0.05, 0) is 23.6 Å². The van der Waals surface area contributed by atoms with Gasteiger partial charge in [0.25, 0.3) is 0 Å². The quantitative estimate of drug-likeness (QED) is 0.807. The Balaban J connectivity index is 1.86. The van der Waals surface area contributed by atoms with E-state index < -0.39 is 0 Å². The van der Waals surface area contributed by atoms with Gasteiger partial charge in [0.05, 0.1) is 15.8 Å². The maximum absolute atomic E-state index is 12.2. The summed E-state index contributed by atoms with van der Waals surface area (Å²) in [5.74, 6) is -0.158. The molecule has 2 aromatic rings. The van der Waals surface area contributed by atoms with Crippen LogP contribution in [0.15, 0.2) is 34.5 Å². The van der Waals surface area contributed by atoms with Crippen LogP contribution in [0.4, 0.5) is 10.8 Å². The summed E-state index contributed by atoms with van der Waals surface area (Å²) in [7, 11) is 0. The smallest absolute Gasteiger partial charge is 0.221 e. The first-order valence-corrected chi connectivity index (χ1v) is 8.73. The summed E-state index contributed by atoms with van der Waals surface area (Å²) in [6, 6.07) is 5.41. The fourth-order valence-corrected chi connectivity index (χ4v) is 3.67. The Morgan fingerprint density at radius 2 is 2.16 bits per heavy atom. The van der Waals surface area contributed by atoms with E-state index in [1.165, 1.54) is 24.5 Å². The molecular weight excluding hydrogens is 338 g/mol. The summed E-state index contributed by atoms with van der Waals surface area (Å²) in [6.45, 7) is 5.36. The van der Waals surface area contributed by atoms with E-state index in [1.54, 1.807) is 12.1 Å². The number of ketones is 1.